The minimum atomic E-state index is -3.84. The van der Waals surface area contributed by atoms with E-state index in [9.17, 15) is 13.2 Å². The third-order valence-corrected chi connectivity index (χ3v) is 5.23. The molecule has 0 bridgehead atoms. The lowest BCUT2D eigenvalue weighted by atomic mass is 10.2. The van der Waals surface area contributed by atoms with Crippen LogP contribution in [0.4, 0.5) is 5.69 Å². The number of carbonyl (C=O) groups is 1. The molecule has 21 heavy (non-hydrogen) atoms. The number of nitrogens with zero attached hydrogens (tertiary/aromatic N) is 2. The van der Waals surface area contributed by atoms with Crippen molar-refractivity contribution in [3.05, 3.63) is 53.3 Å². The monoisotopic (exact) mass is 303 g/mol. The standard InChI is InChI=1S/C14H13N3O3S/c1-9-3-2-6-16-12(9)8-17-14(18)11-7-10(15)4-5-13(11)21(17,19)20/h2-7H,8,15H2,1H3. The Morgan fingerprint density at radius 2 is 2.05 bits per heavy atom. The van der Waals surface area contributed by atoms with Gasteiger partial charge in [0.05, 0.1) is 17.8 Å². The van der Waals surface area contributed by atoms with Gasteiger partial charge in [-0.2, -0.15) is 0 Å². The number of nitrogens with two attached hydrogens (primary N) is 1. The summed E-state index contributed by atoms with van der Waals surface area (Å²) in [5.74, 6) is -0.567. The van der Waals surface area contributed by atoms with Crippen LogP contribution in [0, 0.1) is 6.92 Å². The molecule has 0 radical (unpaired) electrons. The summed E-state index contributed by atoms with van der Waals surface area (Å²) in [4.78, 5) is 16.5. The highest BCUT2D eigenvalue weighted by molar-refractivity contribution is 7.90. The first-order valence-corrected chi connectivity index (χ1v) is 7.72. The fourth-order valence-corrected chi connectivity index (χ4v) is 3.79. The number of pyridine rings is 1. The van der Waals surface area contributed by atoms with Crippen LogP contribution in [0.3, 0.4) is 0 Å². The van der Waals surface area contributed by atoms with Crippen LogP contribution in [0.15, 0.2) is 41.4 Å². The number of fused-ring (bicyclic) bond motifs is 1. The Balaban J connectivity index is 2.07. The van der Waals surface area contributed by atoms with Gasteiger partial charge in [0.1, 0.15) is 4.90 Å². The first-order chi connectivity index (χ1) is 9.91. The minimum absolute atomic E-state index is 0.00437. The Hall–Kier alpha value is -2.41. The summed E-state index contributed by atoms with van der Waals surface area (Å²) in [6.07, 6.45) is 1.57. The van der Waals surface area contributed by atoms with Gasteiger partial charge in [-0.05, 0) is 36.8 Å². The van der Waals surface area contributed by atoms with E-state index in [1.54, 1.807) is 12.3 Å². The molecule has 0 atom stereocenters. The number of carbonyl (C=O) groups excluding carboxylic acids is 1. The van der Waals surface area contributed by atoms with Crippen molar-refractivity contribution in [1.82, 2.24) is 9.29 Å². The summed E-state index contributed by atoms with van der Waals surface area (Å²) in [5.41, 5.74) is 7.48. The number of nitrogen functional groups attached to an aromatic ring is 1. The van der Waals surface area contributed by atoms with Crippen LogP contribution in [0.25, 0.3) is 0 Å². The Labute approximate surface area is 122 Å². The second kappa shape index (κ2) is 4.56. The average Bonchev–Trinajstić information content (AvgIpc) is 2.62. The van der Waals surface area contributed by atoms with E-state index < -0.39 is 15.9 Å². The third-order valence-electron chi connectivity index (χ3n) is 3.44. The van der Waals surface area contributed by atoms with Crippen LogP contribution in [0.5, 0.6) is 0 Å². The molecule has 1 aliphatic heterocycles. The first kappa shape index (κ1) is 13.6. The van der Waals surface area contributed by atoms with E-state index in [0.717, 1.165) is 9.87 Å². The van der Waals surface area contributed by atoms with Gasteiger partial charge < -0.3 is 5.73 Å². The lowest BCUT2D eigenvalue weighted by Crippen LogP contribution is -2.30. The Morgan fingerprint density at radius 1 is 1.29 bits per heavy atom. The van der Waals surface area contributed by atoms with Crippen molar-refractivity contribution >= 4 is 21.6 Å². The Bertz CT molecular complexity index is 846. The maximum Gasteiger partial charge on any atom is 0.269 e. The molecule has 1 aromatic heterocycles. The number of rotatable bonds is 2. The number of amides is 1. The number of hydrogen-bond donors (Lipinski definition) is 1. The number of hydrogen-bond acceptors (Lipinski definition) is 5. The quantitative estimate of drug-likeness (QED) is 0.844. The van der Waals surface area contributed by atoms with Crippen LogP contribution in [0.2, 0.25) is 0 Å². The molecule has 0 aliphatic carbocycles. The summed E-state index contributed by atoms with van der Waals surface area (Å²) in [5, 5.41) is 0. The normalized spacial score (nSPS) is 16.0. The highest BCUT2D eigenvalue weighted by Crippen LogP contribution is 2.32. The molecule has 1 aromatic carbocycles. The molecule has 6 nitrogen and oxygen atoms in total. The number of aromatic nitrogens is 1. The van der Waals surface area contributed by atoms with Gasteiger partial charge in [-0.15, -0.1) is 0 Å². The Morgan fingerprint density at radius 3 is 2.76 bits per heavy atom. The van der Waals surface area contributed by atoms with E-state index in [4.69, 9.17) is 5.73 Å². The van der Waals surface area contributed by atoms with Gasteiger partial charge >= 0.3 is 0 Å². The first-order valence-electron chi connectivity index (χ1n) is 6.28. The van der Waals surface area contributed by atoms with Crippen LogP contribution in [-0.2, 0) is 16.6 Å². The van der Waals surface area contributed by atoms with E-state index in [2.05, 4.69) is 4.98 Å². The molecular formula is C14H13N3O3S. The maximum atomic E-state index is 12.5. The fourth-order valence-electron chi connectivity index (χ4n) is 2.28. The van der Waals surface area contributed by atoms with Gasteiger partial charge in [0, 0.05) is 11.9 Å². The number of anilines is 1. The molecule has 0 saturated carbocycles. The van der Waals surface area contributed by atoms with Crippen molar-refractivity contribution in [2.75, 3.05) is 5.73 Å². The van der Waals surface area contributed by atoms with Crippen molar-refractivity contribution in [2.24, 2.45) is 0 Å². The summed E-state index contributed by atoms with van der Waals surface area (Å²) >= 11 is 0. The molecule has 0 unspecified atom stereocenters. The van der Waals surface area contributed by atoms with Crippen LogP contribution < -0.4 is 5.73 Å². The smallest absolute Gasteiger partial charge is 0.269 e. The molecule has 2 heterocycles. The topological polar surface area (TPSA) is 93.4 Å². The predicted molar refractivity (Wildman–Crippen MR) is 76.9 cm³/mol. The van der Waals surface area contributed by atoms with Crippen molar-refractivity contribution in [2.45, 2.75) is 18.4 Å². The molecule has 0 spiro atoms. The zero-order valence-electron chi connectivity index (χ0n) is 11.3. The predicted octanol–water partition coefficient (Wildman–Crippen LogP) is 1.32. The maximum absolute atomic E-state index is 12.5. The van der Waals surface area contributed by atoms with Gasteiger partial charge in [0.2, 0.25) is 0 Å². The minimum Gasteiger partial charge on any atom is -0.399 e. The molecule has 1 aliphatic rings. The van der Waals surface area contributed by atoms with E-state index in [1.807, 2.05) is 13.0 Å². The molecule has 1 amide bonds. The van der Waals surface area contributed by atoms with Gasteiger partial charge in [-0.1, -0.05) is 6.07 Å². The zero-order chi connectivity index (χ0) is 15.2. The fraction of sp³-hybridized carbons (Fsp3) is 0.143. The van der Waals surface area contributed by atoms with Crippen LogP contribution in [0.1, 0.15) is 21.6 Å². The number of sulfonamides is 1. The van der Waals surface area contributed by atoms with Gasteiger partial charge in [0.25, 0.3) is 15.9 Å². The highest BCUT2D eigenvalue weighted by Gasteiger charge is 2.41. The van der Waals surface area contributed by atoms with E-state index in [1.165, 1.54) is 18.2 Å². The molecule has 0 fully saturated rings. The molecular weight excluding hydrogens is 290 g/mol. The van der Waals surface area contributed by atoms with Crippen LogP contribution >= 0.6 is 0 Å². The largest absolute Gasteiger partial charge is 0.399 e. The SMILES string of the molecule is Cc1cccnc1CN1C(=O)c2cc(N)ccc2S1(=O)=O. The van der Waals surface area contributed by atoms with Gasteiger partial charge in [-0.25, -0.2) is 12.7 Å². The number of aryl methyl sites for hydroxylation is 1. The van der Waals surface area contributed by atoms with Crippen molar-refractivity contribution in [1.29, 1.82) is 0 Å². The van der Waals surface area contributed by atoms with Gasteiger partial charge in [0.15, 0.2) is 0 Å². The summed E-state index contributed by atoms with van der Waals surface area (Å²) in [7, 11) is -3.84. The zero-order valence-corrected chi connectivity index (χ0v) is 12.1. The van der Waals surface area contributed by atoms with E-state index >= 15 is 0 Å². The Kier molecular flexibility index (Phi) is 2.94. The summed E-state index contributed by atoms with van der Waals surface area (Å²) < 4.78 is 25.8. The summed E-state index contributed by atoms with van der Waals surface area (Å²) in [6, 6.07) is 7.80. The average molecular weight is 303 g/mol. The summed E-state index contributed by atoms with van der Waals surface area (Å²) in [6.45, 7) is 1.74. The second-order valence-corrected chi connectivity index (χ2v) is 6.67. The molecule has 0 saturated heterocycles. The van der Waals surface area contributed by atoms with Gasteiger partial charge in [-0.3, -0.25) is 9.78 Å². The van der Waals surface area contributed by atoms with Crippen molar-refractivity contribution in [3.8, 4) is 0 Å². The molecule has 108 valence electrons. The second-order valence-electron chi connectivity index (χ2n) is 4.84. The number of benzene rings is 1. The molecule has 2 N–H and O–H groups in total. The van der Waals surface area contributed by atoms with Crippen molar-refractivity contribution < 1.29 is 13.2 Å². The van der Waals surface area contributed by atoms with Crippen LogP contribution in [-0.4, -0.2) is 23.6 Å². The molecule has 2 aromatic rings. The van der Waals surface area contributed by atoms with E-state index in [-0.39, 0.29) is 17.0 Å². The lowest BCUT2D eigenvalue weighted by molar-refractivity contribution is 0.0864. The third kappa shape index (κ3) is 2.06. The lowest BCUT2D eigenvalue weighted by Gasteiger charge is -2.15. The van der Waals surface area contributed by atoms with E-state index in [0.29, 0.717) is 11.4 Å². The highest BCUT2D eigenvalue weighted by atomic mass is 32.2. The molecule has 3 rings (SSSR count). The molecule has 7 heteroatoms. The van der Waals surface area contributed by atoms with Crippen molar-refractivity contribution in [3.63, 3.8) is 0 Å².